The zero-order chi connectivity index (χ0) is 26.7. The lowest BCUT2D eigenvalue weighted by Gasteiger charge is -2.26. The quantitative estimate of drug-likeness (QED) is 0.326. The second kappa shape index (κ2) is 11.6. The Bertz CT molecular complexity index is 1320. The number of thiazole rings is 1. The Morgan fingerprint density at radius 1 is 1.08 bits per heavy atom. The van der Waals surface area contributed by atoms with Crippen molar-refractivity contribution in [3.63, 3.8) is 0 Å². The molecule has 0 saturated carbocycles. The minimum absolute atomic E-state index is 0.0441. The number of carbonyl (C=O) groups excluding carboxylic acids is 1. The molecule has 0 bridgehead atoms. The van der Waals surface area contributed by atoms with Crippen LogP contribution in [0.4, 0.5) is 5.13 Å². The molecule has 1 saturated heterocycles. The summed E-state index contributed by atoms with van der Waals surface area (Å²) >= 11 is 1.48. The summed E-state index contributed by atoms with van der Waals surface area (Å²) in [5.74, 6) is 0.203. The van der Waals surface area contributed by atoms with Gasteiger partial charge in [-0.2, -0.15) is 4.31 Å². The summed E-state index contributed by atoms with van der Waals surface area (Å²) in [6, 6.07) is 12.3. The fourth-order valence-electron chi connectivity index (χ4n) is 4.59. The van der Waals surface area contributed by atoms with E-state index in [9.17, 15) is 13.2 Å². The zero-order valence-corrected chi connectivity index (χ0v) is 23.9. The van der Waals surface area contributed by atoms with E-state index in [0.29, 0.717) is 36.9 Å². The number of nitrogens with zero attached hydrogens (tertiary/aromatic N) is 3. The summed E-state index contributed by atoms with van der Waals surface area (Å²) in [5.41, 5.74) is 2.38. The zero-order valence-electron chi connectivity index (χ0n) is 22.3. The molecule has 4 rings (SSSR count). The molecule has 2 heterocycles. The molecule has 1 amide bonds. The number of ether oxygens (including phenoxy) is 1. The first-order chi connectivity index (χ1) is 17.6. The first-order valence-electron chi connectivity index (χ1n) is 13.0. The average Bonchev–Trinajstić information content (AvgIpc) is 3.52. The fraction of sp³-hybridized carbons (Fsp3) is 0.500. The third-order valence-corrected chi connectivity index (χ3v) is 9.26. The molecule has 37 heavy (non-hydrogen) atoms. The molecule has 1 aliphatic heterocycles. The van der Waals surface area contributed by atoms with Gasteiger partial charge in [-0.25, -0.2) is 13.4 Å². The Morgan fingerprint density at radius 3 is 2.32 bits per heavy atom. The van der Waals surface area contributed by atoms with Crippen molar-refractivity contribution in [3.8, 4) is 0 Å². The number of amides is 1. The monoisotopic (exact) mass is 543 g/mol. The molecular formula is C28H37N3O4S2. The number of benzene rings is 2. The summed E-state index contributed by atoms with van der Waals surface area (Å²) in [6.45, 7) is 12.1. The van der Waals surface area contributed by atoms with Crippen LogP contribution in [0.15, 0.2) is 47.4 Å². The molecule has 0 aliphatic carbocycles. The Kier molecular flexibility index (Phi) is 8.68. The molecule has 1 unspecified atom stereocenters. The largest absolute Gasteiger partial charge is 0.376 e. The van der Waals surface area contributed by atoms with Crippen molar-refractivity contribution in [2.24, 2.45) is 11.8 Å². The summed E-state index contributed by atoms with van der Waals surface area (Å²) in [6.07, 6.45) is 1.82. The number of hydrogen-bond acceptors (Lipinski definition) is 6. The first kappa shape index (κ1) is 27.7. The molecule has 1 fully saturated rings. The van der Waals surface area contributed by atoms with Gasteiger partial charge in [0.15, 0.2) is 5.13 Å². The molecule has 1 aromatic heterocycles. The summed E-state index contributed by atoms with van der Waals surface area (Å²) in [4.78, 5) is 20.4. The molecule has 0 N–H and O–H groups in total. The van der Waals surface area contributed by atoms with Gasteiger partial charge in [0, 0.05) is 25.3 Å². The van der Waals surface area contributed by atoms with Gasteiger partial charge in [0.2, 0.25) is 10.0 Å². The molecule has 7 nitrogen and oxygen atoms in total. The van der Waals surface area contributed by atoms with E-state index in [4.69, 9.17) is 9.72 Å². The topological polar surface area (TPSA) is 79.8 Å². The number of para-hydroxylation sites is 1. The van der Waals surface area contributed by atoms with Crippen LogP contribution in [0.5, 0.6) is 0 Å². The van der Waals surface area contributed by atoms with Crippen molar-refractivity contribution in [3.05, 3.63) is 53.6 Å². The highest BCUT2D eigenvalue weighted by Crippen LogP contribution is 2.32. The van der Waals surface area contributed by atoms with Gasteiger partial charge in [0.05, 0.1) is 27.8 Å². The van der Waals surface area contributed by atoms with Crippen LogP contribution in [-0.2, 0) is 14.8 Å². The van der Waals surface area contributed by atoms with Gasteiger partial charge in [0.1, 0.15) is 0 Å². The number of carbonyl (C=O) groups is 1. The summed E-state index contributed by atoms with van der Waals surface area (Å²) < 4.78 is 35.2. The van der Waals surface area contributed by atoms with E-state index in [1.807, 2.05) is 52.8 Å². The third-order valence-electron chi connectivity index (χ3n) is 6.37. The third kappa shape index (κ3) is 6.39. The molecule has 1 atom stereocenters. The van der Waals surface area contributed by atoms with E-state index in [0.717, 1.165) is 28.6 Å². The smallest absolute Gasteiger partial charge is 0.260 e. The van der Waals surface area contributed by atoms with Gasteiger partial charge in [-0.05, 0) is 67.5 Å². The minimum atomic E-state index is -3.67. The standard InChI is InChI=1S/C28H37N3O4S2/c1-19(2)16-30(17-20(3)4)37(33,34)24-13-11-22(12-14-24)27(32)31(18-23-9-7-15-35-23)28-29-26-21(5)8-6-10-25(26)36-28/h6,8,10-14,19-20,23H,7,9,15-18H2,1-5H3. The maximum Gasteiger partial charge on any atom is 0.260 e. The number of hydrogen-bond donors (Lipinski definition) is 0. The van der Waals surface area contributed by atoms with Gasteiger partial charge in [-0.15, -0.1) is 0 Å². The Morgan fingerprint density at radius 2 is 1.76 bits per heavy atom. The summed E-state index contributed by atoms with van der Waals surface area (Å²) in [5, 5.41) is 0.626. The number of sulfonamides is 1. The molecule has 9 heteroatoms. The number of fused-ring (bicyclic) bond motifs is 1. The molecule has 200 valence electrons. The predicted molar refractivity (Wildman–Crippen MR) is 150 cm³/mol. The highest BCUT2D eigenvalue weighted by atomic mass is 32.2. The van der Waals surface area contributed by atoms with Crippen molar-refractivity contribution < 1.29 is 17.9 Å². The van der Waals surface area contributed by atoms with E-state index in [2.05, 4.69) is 0 Å². The Hall–Kier alpha value is -2.33. The highest BCUT2D eigenvalue weighted by Gasteiger charge is 2.29. The van der Waals surface area contributed by atoms with Crippen LogP contribution in [0.25, 0.3) is 10.2 Å². The van der Waals surface area contributed by atoms with Crippen molar-refractivity contribution in [1.82, 2.24) is 9.29 Å². The van der Waals surface area contributed by atoms with Crippen LogP contribution in [0.1, 0.15) is 56.5 Å². The van der Waals surface area contributed by atoms with Crippen molar-refractivity contribution in [2.45, 2.75) is 58.5 Å². The predicted octanol–water partition coefficient (Wildman–Crippen LogP) is 5.73. The maximum atomic E-state index is 13.8. The van der Waals surface area contributed by atoms with Gasteiger partial charge < -0.3 is 4.74 Å². The van der Waals surface area contributed by atoms with E-state index < -0.39 is 10.0 Å². The van der Waals surface area contributed by atoms with Gasteiger partial charge in [0.25, 0.3) is 5.91 Å². The SMILES string of the molecule is Cc1cccc2sc(N(CC3CCCO3)C(=O)c3ccc(S(=O)(=O)N(CC(C)C)CC(C)C)cc3)nc12. The van der Waals surface area contributed by atoms with Crippen LogP contribution in [0.2, 0.25) is 0 Å². The van der Waals surface area contributed by atoms with Gasteiger partial charge in [-0.1, -0.05) is 51.2 Å². The maximum absolute atomic E-state index is 13.8. The second-order valence-electron chi connectivity index (χ2n) is 10.6. The highest BCUT2D eigenvalue weighted by molar-refractivity contribution is 7.89. The normalized spacial score (nSPS) is 16.4. The van der Waals surface area contributed by atoms with Gasteiger partial charge >= 0.3 is 0 Å². The average molecular weight is 544 g/mol. The van der Waals surface area contributed by atoms with Crippen LogP contribution < -0.4 is 4.90 Å². The van der Waals surface area contributed by atoms with Crippen LogP contribution in [-0.4, -0.2) is 56.0 Å². The molecule has 0 spiro atoms. The molecule has 1 aliphatic rings. The van der Waals surface area contributed by atoms with E-state index >= 15 is 0 Å². The fourth-order valence-corrected chi connectivity index (χ4v) is 7.41. The Labute approximate surface area is 224 Å². The lowest BCUT2D eigenvalue weighted by Crippen LogP contribution is -2.38. The van der Waals surface area contributed by atoms with E-state index in [-0.39, 0.29) is 28.7 Å². The molecule has 0 radical (unpaired) electrons. The molecule has 2 aromatic carbocycles. The van der Waals surface area contributed by atoms with Crippen LogP contribution in [0.3, 0.4) is 0 Å². The number of rotatable bonds is 10. The van der Waals surface area contributed by atoms with Crippen LogP contribution in [0, 0.1) is 18.8 Å². The number of anilines is 1. The minimum Gasteiger partial charge on any atom is -0.376 e. The summed E-state index contributed by atoms with van der Waals surface area (Å²) in [7, 11) is -3.67. The Balaban J connectivity index is 1.63. The lowest BCUT2D eigenvalue weighted by molar-refractivity contribution is 0.0917. The van der Waals surface area contributed by atoms with Crippen LogP contribution >= 0.6 is 11.3 Å². The lowest BCUT2D eigenvalue weighted by atomic mass is 10.2. The van der Waals surface area contributed by atoms with Crippen molar-refractivity contribution in [1.29, 1.82) is 0 Å². The van der Waals surface area contributed by atoms with Crippen molar-refractivity contribution in [2.75, 3.05) is 31.1 Å². The number of aromatic nitrogens is 1. The van der Waals surface area contributed by atoms with E-state index in [1.54, 1.807) is 33.5 Å². The molecular weight excluding hydrogens is 506 g/mol. The number of aryl methyl sites for hydroxylation is 1. The molecule has 3 aromatic rings. The first-order valence-corrected chi connectivity index (χ1v) is 15.2. The second-order valence-corrected chi connectivity index (χ2v) is 13.6. The van der Waals surface area contributed by atoms with Gasteiger partial charge in [-0.3, -0.25) is 9.69 Å². The van der Waals surface area contributed by atoms with E-state index in [1.165, 1.54) is 11.3 Å². The van der Waals surface area contributed by atoms with Crippen molar-refractivity contribution >= 4 is 42.6 Å².